The third-order valence-corrected chi connectivity index (χ3v) is 2.13. The summed E-state index contributed by atoms with van der Waals surface area (Å²) in [5.74, 6) is -1.51. The van der Waals surface area contributed by atoms with Gasteiger partial charge in [-0.15, -0.1) is 0 Å². The molecule has 16 heavy (non-hydrogen) atoms. The zero-order chi connectivity index (χ0) is 12.3. The molecule has 1 aromatic rings. The Bertz CT molecular complexity index is 404. The number of benzene rings is 1. The van der Waals surface area contributed by atoms with Gasteiger partial charge in [0.25, 0.3) is 0 Å². The minimum Gasteiger partial charge on any atom is -0.507 e. The van der Waals surface area contributed by atoms with Crippen LogP contribution in [0.5, 0.6) is 11.5 Å². The highest BCUT2D eigenvalue weighted by molar-refractivity contribution is 5.92. The van der Waals surface area contributed by atoms with Crippen molar-refractivity contribution in [3.8, 4) is 11.5 Å². The lowest BCUT2D eigenvalue weighted by atomic mass is 10.0. The number of hydrogen-bond donors (Lipinski definition) is 4. The summed E-state index contributed by atoms with van der Waals surface area (Å²) >= 11 is 0. The quantitative estimate of drug-likeness (QED) is 0.535. The molecule has 5 N–H and O–H groups in total. The van der Waals surface area contributed by atoms with Crippen LogP contribution in [0, 0.1) is 0 Å². The fourth-order valence-electron chi connectivity index (χ4n) is 1.26. The Morgan fingerprint density at radius 1 is 1.44 bits per heavy atom. The van der Waals surface area contributed by atoms with E-state index in [0.29, 0.717) is 0 Å². The number of phenols is 2. The maximum absolute atomic E-state index is 11.2. The van der Waals surface area contributed by atoms with Crippen LogP contribution in [0.2, 0.25) is 0 Å². The number of ether oxygens (including phenoxy) is 1. The Hall–Kier alpha value is -1.79. The second kappa shape index (κ2) is 4.82. The van der Waals surface area contributed by atoms with Gasteiger partial charge in [0.2, 0.25) is 0 Å². The molecule has 0 radical (unpaired) electrons. The zero-order valence-corrected chi connectivity index (χ0v) is 8.67. The topological polar surface area (TPSA) is 113 Å². The van der Waals surface area contributed by atoms with Crippen molar-refractivity contribution in [3.05, 3.63) is 23.3 Å². The van der Waals surface area contributed by atoms with Crippen LogP contribution < -0.4 is 5.73 Å². The van der Waals surface area contributed by atoms with E-state index in [0.717, 1.165) is 19.2 Å². The summed E-state index contributed by atoms with van der Waals surface area (Å²) in [5.41, 5.74) is 5.16. The van der Waals surface area contributed by atoms with Gasteiger partial charge in [-0.1, -0.05) is 0 Å². The smallest absolute Gasteiger partial charge is 0.341 e. The van der Waals surface area contributed by atoms with E-state index >= 15 is 0 Å². The van der Waals surface area contributed by atoms with Crippen molar-refractivity contribution in [1.82, 2.24) is 0 Å². The Balaban J connectivity index is 3.26. The second-order valence-corrected chi connectivity index (χ2v) is 3.17. The fourth-order valence-corrected chi connectivity index (χ4v) is 1.26. The van der Waals surface area contributed by atoms with E-state index in [-0.39, 0.29) is 23.4 Å². The van der Waals surface area contributed by atoms with Gasteiger partial charge in [-0.25, -0.2) is 4.79 Å². The zero-order valence-electron chi connectivity index (χ0n) is 8.67. The Morgan fingerprint density at radius 2 is 2.06 bits per heavy atom. The van der Waals surface area contributed by atoms with Gasteiger partial charge in [-0.2, -0.15) is 0 Å². The van der Waals surface area contributed by atoms with Gasteiger partial charge in [0, 0.05) is 18.2 Å². The molecular formula is C10H13NO5. The van der Waals surface area contributed by atoms with E-state index in [1.807, 2.05) is 0 Å². The van der Waals surface area contributed by atoms with Gasteiger partial charge in [0.15, 0.2) is 0 Å². The monoisotopic (exact) mass is 227 g/mol. The molecule has 6 nitrogen and oxygen atoms in total. The highest BCUT2D eigenvalue weighted by Gasteiger charge is 2.18. The SMILES string of the molecule is COC(=O)c1cc(C(O)CN)c(O)cc1O. The highest BCUT2D eigenvalue weighted by atomic mass is 16.5. The molecule has 6 heteroatoms. The van der Waals surface area contributed by atoms with Gasteiger partial charge in [-0.3, -0.25) is 0 Å². The number of hydrogen-bond acceptors (Lipinski definition) is 6. The number of esters is 1. The molecule has 0 heterocycles. The summed E-state index contributed by atoms with van der Waals surface area (Å²) in [5, 5.41) is 28.3. The first-order chi connectivity index (χ1) is 7.51. The Kier molecular flexibility index (Phi) is 3.70. The molecule has 1 atom stereocenters. The molecular weight excluding hydrogens is 214 g/mol. The summed E-state index contributed by atoms with van der Waals surface area (Å²) < 4.78 is 4.43. The van der Waals surface area contributed by atoms with E-state index in [1.54, 1.807) is 0 Å². The molecule has 88 valence electrons. The molecule has 1 rings (SSSR count). The Morgan fingerprint density at radius 3 is 2.56 bits per heavy atom. The van der Waals surface area contributed by atoms with Crippen molar-refractivity contribution in [2.75, 3.05) is 13.7 Å². The lowest BCUT2D eigenvalue weighted by molar-refractivity contribution is 0.0597. The van der Waals surface area contributed by atoms with E-state index < -0.39 is 17.8 Å². The van der Waals surface area contributed by atoms with Crippen LogP contribution in [0.4, 0.5) is 0 Å². The van der Waals surface area contributed by atoms with Gasteiger partial charge < -0.3 is 25.8 Å². The molecule has 0 bridgehead atoms. The molecule has 0 saturated heterocycles. The van der Waals surface area contributed by atoms with E-state index in [2.05, 4.69) is 4.74 Å². The maximum Gasteiger partial charge on any atom is 0.341 e. The molecule has 0 aliphatic rings. The first kappa shape index (κ1) is 12.3. The van der Waals surface area contributed by atoms with Gasteiger partial charge in [0.05, 0.1) is 13.2 Å². The maximum atomic E-state index is 11.2. The number of phenolic OH excluding ortho intramolecular Hbond substituents is 2. The summed E-state index contributed by atoms with van der Waals surface area (Å²) in [7, 11) is 1.16. The number of carbonyl (C=O) groups is 1. The number of nitrogens with two attached hydrogens (primary N) is 1. The predicted molar refractivity (Wildman–Crippen MR) is 55.1 cm³/mol. The van der Waals surface area contributed by atoms with Crippen molar-refractivity contribution < 1.29 is 24.9 Å². The fraction of sp³-hybridized carbons (Fsp3) is 0.300. The Labute approximate surface area is 91.9 Å². The van der Waals surface area contributed by atoms with Crippen LogP contribution in [-0.2, 0) is 4.74 Å². The number of rotatable bonds is 3. The van der Waals surface area contributed by atoms with Crippen LogP contribution in [0.15, 0.2) is 12.1 Å². The van der Waals surface area contributed by atoms with Crippen LogP contribution in [0.3, 0.4) is 0 Å². The van der Waals surface area contributed by atoms with E-state index in [9.17, 15) is 20.1 Å². The standard InChI is InChI=1S/C10H13NO5/c1-16-10(15)6-2-5(9(14)4-11)7(12)3-8(6)13/h2-3,9,12-14H,4,11H2,1H3. The summed E-state index contributed by atoms with van der Waals surface area (Å²) in [4.78, 5) is 11.2. The predicted octanol–water partition coefficient (Wildman–Crippen LogP) is -0.123. The lowest BCUT2D eigenvalue weighted by Crippen LogP contribution is -2.13. The van der Waals surface area contributed by atoms with Crippen LogP contribution in [-0.4, -0.2) is 34.9 Å². The number of aliphatic hydroxyl groups excluding tert-OH is 1. The average Bonchev–Trinajstić information content (AvgIpc) is 2.27. The minimum absolute atomic E-state index is 0.0701. The van der Waals surface area contributed by atoms with Crippen molar-refractivity contribution in [2.45, 2.75) is 6.10 Å². The molecule has 1 aromatic carbocycles. The number of methoxy groups -OCH3 is 1. The molecule has 0 aromatic heterocycles. The molecule has 0 amide bonds. The summed E-state index contributed by atoms with van der Waals surface area (Å²) in [6, 6.07) is 2.11. The van der Waals surface area contributed by atoms with E-state index in [4.69, 9.17) is 5.73 Å². The highest BCUT2D eigenvalue weighted by Crippen LogP contribution is 2.31. The van der Waals surface area contributed by atoms with Crippen molar-refractivity contribution in [3.63, 3.8) is 0 Å². The van der Waals surface area contributed by atoms with E-state index in [1.165, 1.54) is 0 Å². The average molecular weight is 227 g/mol. The minimum atomic E-state index is -1.11. The summed E-state index contributed by atoms with van der Waals surface area (Å²) in [6.07, 6.45) is -1.11. The second-order valence-electron chi connectivity index (χ2n) is 3.17. The van der Waals surface area contributed by atoms with Crippen molar-refractivity contribution in [1.29, 1.82) is 0 Å². The van der Waals surface area contributed by atoms with Crippen LogP contribution >= 0.6 is 0 Å². The molecule has 0 aliphatic heterocycles. The third kappa shape index (κ3) is 2.23. The first-order valence-electron chi connectivity index (χ1n) is 4.53. The van der Waals surface area contributed by atoms with Gasteiger partial charge in [-0.05, 0) is 6.07 Å². The molecule has 0 saturated carbocycles. The van der Waals surface area contributed by atoms with Gasteiger partial charge >= 0.3 is 5.97 Å². The van der Waals surface area contributed by atoms with Gasteiger partial charge in [0.1, 0.15) is 17.1 Å². The molecule has 0 spiro atoms. The van der Waals surface area contributed by atoms with Crippen LogP contribution in [0.1, 0.15) is 22.0 Å². The van der Waals surface area contributed by atoms with Crippen LogP contribution in [0.25, 0.3) is 0 Å². The molecule has 0 fully saturated rings. The van der Waals surface area contributed by atoms with Crippen molar-refractivity contribution in [2.24, 2.45) is 5.73 Å². The molecule has 1 unspecified atom stereocenters. The number of aliphatic hydroxyl groups is 1. The number of carbonyl (C=O) groups excluding carboxylic acids is 1. The normalized spacial score (nSPS) is 12.2. The summed E-state index contributed by atoms with van der Waals surface area (Å²) in [6.45, 7) is -0.112. The van der Waals surface area contributed by atoms with Crippen molar-refractivity contribution >= 4 is 5.97 Å². The molecule has 0 aliphatic carbocycles. The third-order valence-electron chi connectivity index (χ3n) is 2.13. The lowest BCUT2D eigenvalue weighted by Gasteiger charge is -2.12. The first-order valence-corrected chi connectivity index (χ1v) is 4.53. The number of aromatic hydroxyl groups is 2. The largest absolute Gasteiger partial charge is 0.507 e.